The van der Waals surface area contributed by atoms with E-state index >= 15 is 0 Å². The van der Waals surface area contributed by atoms with Crippen LogP contribution in [0.25, 0.3) is 0 Å². The smallest absolute Gasteiger partial charge is 0.550 e. The van der Waals surface area contributed by atoms with Gasteiger partial charge in [-0.05, 0) is 75.0 Å². The standard InChI is InChI=1S/2C18H36O2.C14H22O8.Ca.4Na/c2*1-2-3-4-5-6-7-8-9-10-11-12-13-14-15-16-17-18(19)20;1-3-8(12(17)18)5-10(14(21)22)6-9(13(19)20)4-7(2)11(15)16;;;;;/h2*2-17H2,1H3,(H,19,20);7-10H,3-6H2,1-2H3,(H,15,16)(H,17,18)(H,19,20)(H,21,22);;;;;/q;;;+2;4*+1/p-6. The molecule has 12 nitrogen and oxygen atoms in total. The Balaban J connectivity index is -0.000000125. The molecule has 0 aliphatic carbocycles. The summed E-state index contributed by atoms with van der Waals surface area (Å²) in [5.74, 6) is -12.7. The molecule has 67 heavy (non-hydrogen) atoms. The van der Waals surface area contributed by atoms with E-state index in [1.165, 1.54) is 181 Å². The number of carboxylic acid groups (broad SMARTS) is 6. The number of aliphatic carboxylic acids is 6. The van der Waals surface area contributed by atoms with Gasteiger partial charge >= 0.3 is 156 Å². The molecular formula is C50H88CaNa4O12. The first-order chi connectivity index (χ1) is 29.6. The first-order valence-corrected chi connectivity index (χ1v) is 24.9. The van der Waals surface area contributed by atoms with Crippen LogP contribution in [0, 0.1) is 23.7 Å². The molecule has 366 valence electrons. The summed E-state index contributed by atoms with van der Waals surface area (Å²) >= 11 is 0. The van der Waals surface area contributed by atoms with Crippen molar-refractivity contribution in [3.8, 4) is 0 Å². The Hall–Kier alpha value is 2.08. The van der Waals surface area contributed by atoms with Crippen molar-refractivity contribution in [2.75, 3.05) is 0 Å². The van der Waals surface area contributed by atoms with Crippen LogP contribution in [0.4, 0.5) is 0 Å². The molecule has 17 heteroatoms. The third-order valence-electron chi connectivity index (χ3n) is 11.6. The summed E-state index contributed by atoms with van der Waals surface area (Å²) in [6, 6.07) is 0. The van der Waals surface area contributed by atoms with Gasteiger partial charge in [0.05, 0.1) is 0 Å². The summed E-state index contributed by atoms with van der Waals surface area (Å²) in [4.78, 5) is 64.1. The van der Waals surface area contributed by atoms with Gasteiger partial charge in [0.15, 0.2) is 0 Å². The monoisotopic (exact) mass is 1010 g/mol. The fourth-order valence-corrected chi connectivity index (χ4v) is 7.50. The van der Waals surface area contributed by atoms with Crippen molar-refractivity contribution in [3.05, 3.63) is 0 Å². The Morgan fingerprint density at radius 2 is 0.522 bits per heavy atom. The molecule has 4 atom stereocenters. The zero-order chi connectivity index (χ0) is 47.2. The van der Waals surface area contributed by atoms with Crippen LogP contribution in [0.1, 0.15) is 259 Å². The fraction of sp³-hybridized carbons (Fsp3) is 0.880. The predicted molar refractivity (Wildman–Crippen MR) is 239 cm³/mol. The van der Waals surface area contributed by atoms with Crippen molar-refractivity contribution in [2.45, 2.75) is 259 Å². The molecule has 0 aromatic rings. The largest absolute Gasteiger partial charge is 2.00 e. The second-order valence-electron chi connectivity index (χ2n) is 17.5. The van der Waals surface area contributed by atoms with Gasteiger partial charge in [0.2, 0.25) is 0 Å². The Bertz CT molecular complexity index is 1080. The third kappa shape index (κ3) is 68.1. The summed E-state index contributed by atoms with van der Waals surface area (Å²) < 4.78 is 0. The Kier molecular flexibility index (Phi) is 84.7. The van der Waals surface area contributed by atoms with Crippen LogP contribution in [-0.4, -0.2) is 73.6 Å². The third-order valence-corrected chi connectivity index (χ3v) is 11.6. The van der Waals surface area contributed by atoms with Crippen molar-refractivity contribution in [2.24, 2.45) is 23.7 Å². The quantitative estimate of drug-likeness (QED) is 0.0410. The van der Waals surface area contributed by atoms with Crippen LogP contribution in [0.3, 0.4) is 0 Å². The molecule has 0 saturated heterocycles. The van der Waals surface area contributed by atoms with Crippen LogP contribution in [-0.2, 0) is 28.8 Å². The Morgan fingerprint density at radius 3 is 0.716 bits per heavy atom. The maximum absolute atomic E-state index is 11.1. The topological polar surface area (TPSA) is 241 Å². The van der Waals surface area contributed by atoms with E-state index in [2.05, 4.69) is 13.8 Å². The number of carbonyl (C=O) groups is 6. The van der Waals surface area contributed by atoms with E-state index in [-0.39, 0.29) is 188 Å². The fourth-order valence-electron chi connectivity index (χ4n) is 7.50. The van der Waals surface area contributed by atoms with E-state index in [4.69, 9.17) is 0 Å². The molecule has 0 radical (unpaired) electrons. The summed E-state index contributed by atoms with van der Waals surface area (Å²) in [7, 11) is 0. The van der Waals surface area contributed by atoms with Crippen molar-refractivity contribution in [1.29, 1.82) is 0 Å². The summed E-state index contributed by atoms with van der Waals surface area (Å²) in [6.07, 6.45) is 38.7. The Labute approximate surface area is 526 Å². The molecule has 0 aliphatic rings. The summed E-state index contributed by atoms with van der Waals surface area (Å²) in [6.45, 7) is 7.29. The average molecular weight is 1010 g/mol. The number of hydrogen-bond acceptors (Lipinski definition) is 12. The van der Waals surface area contributed by atoms with Crippen LogP contribution < -0.4 is 149 Å². The maximum Gasteiger partial charge on any atom is 2.00 e. The van der Waals surface area contributed by atoms with Gasteiger partial charge in [-0.2, -0.15) is 0 Å². The summed E-state index contributed by atoms with van der Waals surface area (Å²) in [5, 5.41) is 64.1. The van der Waals surface area contributed by atoms with Gasteiger partial charge in [0.25, 0.3) is 0 Å². The molecule has 0 fully saturated rings. The molecule has 0 heterocycles. The van der Waals surface area contributed by atoms with Gasteiger partial charge < -0.3 is 59.4 Å². The van der Waals surface area contributed by atoms with Crippen LogP contribution >= 0.6 is 0 Å². The van der Waals surface area contributed by atoms with Gasteiger partial charge in [-0.15, -0.1) is 0 Å². The van der Waals surface area contributed by atoms with E-state index < -0.39 is 65.9 Å². The molecule has 0 aromatic heterocycles. The van der Waals surface area contributed by atoms with Crippen LogP contribution in [0.5, 0.6) is 0 Å². The Morgan fingerprint density at radius 1 is 0.313 bits per heavy atom. The van der Waals surface area contributed by atoms with Gasteiger partial charge in [-0.1, -0.05) is 207 Å². The normalized spacial score (nSPS) is 11.8. The molecule has 0 bridgehead atoms. The first kappa shape index (κ1) is 85.8. The van der Waals surface area contributed by atoms with Crippen molar-refractivity contribution in [3.63, 3.8) is 0 Å². The van der Waals surface area contributed by atoms with E-state index in [1.54, 1.807) is 0 Å². The predicted octanol–water partition coefficient (Wildman–Crippen LogP) is -6.32. The van der Waals surface area contributed by atoms with Crippen molar-refractivity contribution in [1.82, 2.24) is 0 Å². The zero-order valence-electron chi connectivity index (χ0n) is 44.4. The molecule has 0 N–H and O–H groups in total. The van der Waals surface area contributed by atoms with Crippen molar-refractivity contribution < 1.29 is 178 Å². The minimum Gasteiger partial charge on any atom is -0.550 e. The zero-order valence-corrected chi connectivity index (χ0v) is 54.6. The first-order valence-electron chi connectivity index (χ1n) is 24.9. The van der Waals surface area contributed by atoms with Crippen molar-refractivity contribution >= 4 is 73.6 Å². The number of carbonyl (C=O) groups excluding carboxylic acids is 6. The van der Waals surface area contributed by atoms with E-state index in [1.807, 2.05) is 0 Å². The molecule has 0 aliphatic heterocycles. The molecular weight excluding hydrogens is 925 g/mol. The minimum atomic E-state index is -1.60. The molecule has 4 unspecified atom stereocenters. The maximum atomic E-state index is 11.1. The molecule has 0 aromatic carbocycles. The SMILES string of the molecule is CCC(CC(CC(CC(C)C(=O)[O-])C(=O)[O-])C(=O)[O-])C(=O)[O-].CCCCCCCCCCCCCCCCCC(=O)[O-].CCCCCCCCCCCCCCCCCC(=O)[O-].[Ca+2].[Na+].[Na+].[Na+].[Na+]. The van der Waals surface area contributed by atoms with Gasteiger partial charge in [-0.3, -0.25) is 0 Å². The van der Waals surface area contributed by atoms with Gasteiger partial charge in [-0.25, -0.2) is 0 Å². The molecule has 0 rings (SSSR count). The van der Waals surface area contributed by atoms with Crippen LogP contribution in [0.2, 0.25) is 0 Å². The van der Waals surface area contributed by atoms with Crippen LogP contribution in [0.15, 0.2) is 0 Å². The molecule has 0 spiro atoms. The summed E-state index contributed by atoms with van der Waals surface area (Å²) in [5.41, 5.74) is 0. The molecule has 0 saturated carbocycles. The number of hydrogen-bond donors (Lipinski definition) is 0. The van der Waals surface area contributed by atoms with Gasteiger partial charge in [0, 0.05) is 35.8 Å². The number of rotatable bonds is 43. The second kappa shape index (κ2) is 66.1. The number of carboxylic acids is 6. The van der Waals surface area contributed by atoms with Gasteiger partial charge in [0.1, 0.15) is 0 Å². The molecule has 0 amide bonds. The number of unbranched alkanes of at least 4 members (excludes halogenated alkanes) is 28. The van der Waals surface area contributed by atoms with E-state index in [9.17, 15) is 59.4 Å². The second-order valence-corrected chi connectivity index (χ2v) is 17.5. The van der Waals surface area contributed by atoms with E-state index in [0.29, 0.717) is 0 Å². The van der Waals surface area contributed by atoms with E-state index in [0.717, 1.165) is 25.7 Å². The average Bonchev–Trinajstić information content (AvgIpc) is 3.21. The minimum absolute atomic E-state index is 0.